The molecule has 0 amide bonds. The summed E-state index contributed by atoms with van der Waals surface area (Å²) in [5, 5.41) is 12.8. The highest BCUT2D eigenvalue weighted by atomic mass is 16.5. The molecule has 3 heterocycles. The number of rotatable bonds is 4. The van der Waals surface area contributed by atoms with Crippen LogP contribution < -0.4 is 10.2 Å². The molecule has 6 heteroatoms. The maximum atomic E-state index is 9.41. The third kappa shape index (κ3) is 3.02. The molecule has 6 nitrogen and oxygen atoms in total. The first-order valence-electron chi connectivity index (χ1n) is 7.40. The molecule has 110 valence electrons. The first-order valence-corrected chi connectivity index (χ1v) is 7.40. The van der Waals surface area contributed by atoms with Crippen LogP contribution in [0.5, 0.6) is 0 Å². The molecule has 2 aliphatic rings. The van der Waals surface area contributed by atoms with Crippen molar-refractivity contribution in [3.05, 3.63) is 12.4 Å². The first kappa shape index (κ1) is 13.6. The maximum Gasteiger partial charge on any atom is 0.134 e. The minimum absolute atomic E-state index is 0.184. The molecule has 0 unspecified atom stereocenters. The standard InChI is InChI=1S/C14H22N4O2/c19-8-12-4-1-5-18(12)14-7-13(15-10-16-14)17-11-3-2-6-20-9-11/h7,10-12,19H,1-6,8-9H2,(H,15,16,17)/t11-,12-/m0/s1. The molecule has 0 radical (unpaired) electrons. The van der Waals surface area contributed by atoms with E-state index < -0.39 is 0 Å². The molecule has 1 aromatic rings. The van der Waals surface area contributed by atoms with Crippen LogP contribution in [-0.2, 0) is 4.74 Å². The number of hydrogen-bond donors (Lipinski definition) is 2. The normalized spacial score (nSPS) is 26.8. The molecule has 3 rings (SSSR count). The highest BCUT2D eigenvalue weighted by Gasteiger charge is 2.25. The topological polar surface area (TPSA) is 70.5 Å². The lowest BCUT2D eigenvalue weighted by Crippen LogP contribution is -2.33. The Hall–Kier alpha value is -1.40. The number of aliphatic hydroxyl groups excluding tert-OH is 1. The van der Waals surface area contributed by atoms with Crippen LogP contribution in [0.3, 0.4) is 0 Å². The summed E-state index contributed by atoms with van der Waals surface area (Å²) in [6.07, 6.45) is 5.93. The van der Waals surface area contributed by atoms with E-state index in [1.54, 1.807) is 6.33 Å². The minimum atomic E-state index is 0.184. The minimum Gasteiger partial charge on any atom is -0.394 e. The summed E-state index contributed by atoms with van der Waals surface area (Å²) in [6, 6.07) is 2.50. The van der Waals surface area contributed by atoms with E-state index in [9.17, 15) is 5.11 Å². The van der Waals surface area contributed by atoms with Gasteiger partial charge in [0.25, 0.3) is 0 Å². The van der Waals surface area contributed by atoms with Gasteiger partial charge in [-0.3, -0.25) is 0 Å². The van der Waals surface area contributed by atoms with Gasteiger partial charge < -0.3 is 20.1 Å². The van der Waals surface area contributed by atoms with Crippen molar-refractivity contribution in [3.63, 3.8) is 0 Å². The molecule has 2 N–H and O–H groups in total. The molecule has 20 heavy (non-hydrogen) atoms. The molecule has 0 aromatic carbocycles. The van der Waals surface area contributed by atoms with E-state index in [4.69, 9.17) is 4.74 Å². The van der Waals surface area contributed by atoms with Gasteiger partial charge in [-0.1, -0.05) is 0 Å². The fourth-order valence-electron chi connectivity index (χ4n) is 2.97. The zero-order valence-corrected chi connectivity index (χ0v) is 11.7. The Morgan fingerprint density at radius 1 is 1.35 bits per heavy atom. The number of aromatic nitrogens is 2. The van der Waals surface area contributed by atoms with Crippen molar-refractivity contribution in [1.29, 1.82) is 0 Å². The molecule has 2 atom stereocenters. The van der Waals surface area contributed by atoms with E-state index in [0.717, 1.165) is 57.1 Å². The Balaban J connectivity index is 1.69. The molecule has 2 fully saturated rings. The van der Waals surface area contributed by atoms with Crippen LogP contribution >= 0.6 is 0 Å². The fourth-order valence-corrected chi connectivity index (χ4v) is 2.97. The highest BCUT2D eigenvalue weighted by molar-refractivity contribution is 5.50. The van der Waals surface area contributed by atoms with Crippen LogP contribution in [0.25, 0.3) is 0 Å². The molecule has 0 aliphatic carbocycles. The second-order valence-electron chi connectivity index (χ2n) is 5.49. The molecular weight excluding hydrogens is 256 g/mol. The summed E-state index contributed by atoms with van der Waals surface area (Å²) >= 11 is 0. The summed E-state index contributed by atoms with van der Waals surface area (Å²) in [7, 11) is 0. The van der Waals surface area contributed by atoms with Crippen LogP contribution in [0.2, 0.25) is 0 Å². The van der Waals surface area contributed by atoms with Gasteiger partial charge in [-0.2, -0.15) is 0 Å². The second kappa shape index (κ2) is 6.37. The average Bonchev–Trinajstić information content (AvgIpc) is 2.97. The van der Waals surface area contributed by atoms with E-state index >= 15 is 0 Å². The summed E-state index contributed by atoms with van der Waals surface area (Å²) in [4.78, 5) is 10.8. The quantitative estimate of drug-likeness (QED) is 0.857. The largest absolute Gasteiger partial charge is 0.394 e. The fraction of sp³-hybridized carbons (Fsp3) is 0.714. The number of hydrogen-bond acceptors (Lipinski definition) is 6. The lowest BCUT2D eigenvalue weighted by atomic mass is 10.1. The molecular formula is C14H22N4O2. The Kier molecular flexibility index (Phi) is 4.32. The Morgan fingerprint density at radius 3 is 3.10 bits per heavy atom. The predicted molar refractivity (Wildman–Crippen MR) is 76.9 cm³/mol. The van der Waals surface area contributed by atoms with Crippen LogP contribution in [-0.4, -0.2) is 53.5 Å². The van der Waals surface area contributed by atoms with E-state index in [1.165, 1.54) is 0 Å². The van der Waals surface area contributed by atoms with Gasteiger partial charge in [0.2, 0.25) is 0 Å². The van der Waals surface area contributed by atoms with Gasteiger partial charge >= 0.3 is 0 Å². The van der Waals surface area contributed by atoms with Crippen molar-refractivity contribution in [2.75, 3.05) is 36.6 Å². The molecule has 2 aliphatic heterocycles. The van der Waals surface area contributed by atoms with Crippen molar-refractivity contribution in [1.82, 2.24) is 9.97 Å². The van der Waals surface area contributed by atoms with Gasteiger partial charge in [-0.25, -0.2) is 9.97 Å². The third-order valence-corrected chi connectivity index (χ3v) is 4.05. The predicted octanol–water partition coefficient (Wildman–Crippen LogP) is 1.03. The number of nitrogens with one attached hydrogen (secondary N) is 1. The summed E-state index contributed by atoms with van der Waals surface area (Å²) < 4.78 is 5.47. The molecule has 1 aromatic heterocycles. The number of nitrogens with zero attached hydrogens (tertiary/aromatic N) is 3. The summed E-state index contributed by atoms with van der Waals surface area (Å²) in [6.45, 7) is 2.74. The number of anilines is 2. The zero-order valence-electron chi connectivity index (χ0n) is 11.7. The van der Waals surface area contributed by atoms with Gasteiger partial charge in [-0.05, 0) is 25.7 Å². The monoisotopic (exact) mass is 278 g/mol. The van der Waals surface area contributed by atoms with Gasteiger partial charge in [0.1, 0.15) is 18.0 Å². The smallest absolute Gasteiger partial charge is 0.134 e. The number of aliphatic hydroxyl groups is 1. The average molecular weight is 278 g/mol. The highest BCUT2D eigenvalue weighted by Crippen LogP contribution is 2.25. The summed E-state index contributed by atoms with van der Waals surface area (Å²) in [5.41, 5.74) is 0. The van der Waals surface area contributed by atoms with Crippen LogP contribution in [0.4, 0.5) is 11.6 Å². The van der Waals surface area contributed by atoms with Crippen LogP contribution in [0.1, 0.15) is 25.7 Å². The Morgan fingerprint density at radius 2 is 2.30 bits per heavy atom. The molecule has 0 saturated carbocycles. The maximum absolute atomic E-state index is 9.41. The first-order chi connectivity index (χ1) is 9.86. The number of ether oxygens (including phenoxy) is 1. The van der Waals surface area contributed by atoms with E-state index in [2.05, 4.69) is 20.2 Å². The zero-order chi connectivity index (χ0) is 13.8. The van der Waals surface area contributed by atoms with Gasteiger partial charge in [0.15, 0.2) is 0 Å². The van der Waals surface area contributed by atoms with Gasteiger partial charge in [0.05, 0.1) is 25.3 Å². The molecule has 0 bridgehead atoms. The lowest BCUT2D eigenvalue weighted by Gasteiger charge is -2.26. The summed E-state index contributed by atoms with van der Waals surface area (Å²) in [5.74, 6) is 1.74. The third-order valence-electron chi connectivity index (χ3n) is 4.05. The van der Waals surface area contributed by atoms with Gasteiger partial charge in [0, 0.05) is 19.2 Å². The van der Waals surface area contributed by atoms with Crippen LogP contribution in [0.15, 0.2) is 12.4 Å². The SMILES string of the molecule is OC[C@@H]1CCCN1c1cc(N[C@H]2CCCOC2)ncn1. The van der Waals surface area contributed by atoms with Gasteiger partial charge in [-0.15, -0.1) is 0 Å². The van der Waals surface area contributed by atoms with Crippen LogP contribution in [0, 0.1) is 0 Å². The lowest BCUT2D eigenvalue weighted by molar-refractivity contribution is 0.0875. The van der Waals surface area contributed by atoms with Crippen molar-refractivity contribution in [2.24, 2.45) is 0 Å². The Labute approximate surface area is 119 Å². The van der Waals surface area contributed by atoms with Crippen molar-refractivity contribution in [3.8, 4) is 0 Å². The van der Waals surface area contributed by atoms with E-state index in [0.29, 0.717) is 6.04 Å². The van der Waals surface area contributed by atoms with Crippen molar-refractivity contribution < 1.29 is 9.84 Å². The molecule has 2 saturated heterocycles. The van der Waals surface area contributed by atoms with E-state index in [1.807, 2.05) is 6.07 Å². The second-order valence-corrected chi connectivity index (χ2v) is 5.49. The van der Waals surface area contributed by atoms with E-state index in [-0.39, 0.29) is 12.6 Å². The van der Waals surface area contributed by atoms with Crippen molar-refractivity contribution in [2.45, 2.75) is 37.8 Å². The van der Waals surface area contributed by atoms with Crippen molar-refractivity contribution >= 4 is 11.6 Å². The Bertz CT molecular complexity index is 437. The molecule has 0 spiro atoms.